The van der Waals surface area contributed by atoms with E-state index in [0.29, 0.717) is 5.92 Å². The van der Waals surface area contributed by atoms with E-state index in [1.54, 1.807) is 30.7 Å². The van der Waals surface area contributed by atoms with Crippen molar-refractivity contribution in [3.63, 3.8) is 0 Å². The molecular weight excluding hydrogens is 332 g/mol. The first-order valence-electron chi connectivity index (χ1n) is 8.42. The summed E-state index contributed by atoms with van der Waals surface area (Å²) in [5.74, 6) is 1.36. The maximum absolute atomic E-state index is 12.2. The number of benzene rings is 1. The van der Waals surface area contributed by atoms with Crippen LogP contribution in [-0.2, 0) is 12.8 Å². The Morgan fingerprint density at radius 1 is 1.40 bits per heavy atom. The predicted octanol–water partition coefficient (Wildman–Crippen LogP) is 4.31. The van der Waals surface area contributed by atoms with Crippen molar-refractivity contribution in [2.45, 2.75) is 26.2 Å². The quantitative estimate of drug-likeness (QED) is 0.642. The van der Waals surface area contributed by atoms with Gasteiger partial charge < -0.3 is 4.74 Å². The summed E-state index contributed by atoms with van der Waals surface area (Å²) >= 11 is 1.59. The number of nitrogens with one attached hydrogen (secondary N) is 1. The first-order valence-corrected chi connectivity index (χ1v) is 9.23. The number of ether oxygens (including phenoxy) is 1. The molecule has 25 heavy (non-hydrogen) atoms. The van der Waals surface area contributed by atoms with Crippen LogP contribution in [0.2, 0.25) is 0 Å². The lowest BCUT2D eigenvalue weighted by Crippen LogP contribution is -2.15. The second kappa shape index (κ2) is 8.12. The Morgan fingerprint density at radius 2 is 2.24 bits per heavy atom. The molecule has 1 aromatic carbocycles. The molecule has 5 heteroatoms. The summed E-state index contributed by atoms with van der Waals surface area (Å²) in [7, 11) is 1.64. The minimum atomic E-state index is -0.144. The third-order valence-electron chi connectivity index (χ3n) is 4.29. The van der Waals surface area contributed by atoms with Gasteiger partial charge in [-0.2, -0.15) is 5.10 Å². The number of carbonyl (C=O) groups is 1. The van der Waals surface area contributed by atoms with Crippen molar-refractivity contribution in [2.24, 2.45) is 11.0 Å². The lowest BCUT2D eigenvalue weighted by atomic mass is 9.90. The summed E-state index contributed by atoms with van der Waals surface area (Å²) in [6.07, 6.45) is 8.60. The number of thiophene rings is 1. The Hall–Kier alpha value is -2.40. The van der Waals surface area contributed by atoms with Crippen LogP contribution in [-0.4, -0.2) is 19.2 Å². The van der Waals surface area contributed by atoms with Crippen molar-refractivity contribution in [1.82, 2.24) is 5.43 Å². The van der Waals surface area contributed by atoms with Crippen molar-refractivity contribution >= 4 is 29.5 Å². The van der Waals surface area contributed by atoms with Crippen LogP contribution in [0.4, 0.5) is 0 Å². The highest BCUT2D eigenvalue weighted by Gasteiger charge is 2.20. The highest BCUT2D eigenvalue weighted by Crippen LogP contribution is 2.32. The van der Waals surface area contributed by atoms with E-state index < -0.39 is 0 Å². The number of para-hydroxylation sites is 1. The van der Waals surface area contributed by atoms with E-state index in [2.05, 4.69) is 17.5 Å². The van der Waals surface area contributed by atoms with Gasteiger partial charge in [0.2, 0.25) is 0 Å². The monoisotopic (exact) mass is 354 g/mol. The molecule has 4 nitrogen and oxygen atoms in total. The highest BCUT2D eigenvalue weighted by atomic mass is 32.1. The van der Waals surface area contributed by atoms with Gasteiger partial charge in [0.05, 0.1) is 12.0 Å². The maximum atomic E-state index is 12.2. The number of fused-ring (bicyclic) bond motifs is 1. The second-order valence-corrected chi connectivity index (χ2v) is 7.36. The van der Waals surface area contributed by atoms with Gasteiger partial charge in [0, 0.05) is 16.7 Å². The van der Waals surface area contributed by atoms with Gasteiger partial charge in [-0.3, -0.25) is 4.79 Å². The molecule has 1 amide bonds. The lowest BCUT2D eigenvalue weighted by molar-refractivity contribution is 0.0959. The van der Waals surface area contributed by atoms with Crippen LogP contribution < -0.4 is 10.2 Å². The van der Waals surface area contributed by atoms with E-state index in [-0.39, 0.29) is 5.91 Å². The number of hydrogen-bond acceptors (Lipinski definition) is 4. The molecule has 0 aliphatic heterocycles. The minimum Gasteiger partial charge on any atom is -0.496 e. The average molecular weight is 354 g/mol. The summed E-state index contributed by atoms with van der Waals surface area (Å²) < 4.78 is 5.28. The first-order chi connectivity index (χ1) is 12.2. The number of aryl methyl sites for hydroxylation is 1. The van der Waals surface area contributed by atoms with Crippen molar-refractivity contribution in [3.8, 4) is 5.75 Å². The van der Waals surface area contributed by atoms with Crippen LogP contribution in [0.3, 0.4) is 0 Å². The zero-order valence-electron chi connectivity index (χ0n) is 14.5. The smallest absolute Gasteiger partial charge is 0.281 e. The van der Waals surface area contributed by atoms with Crippen LogP contribution in [0.25, 0.3) is 6.08 Å². The van der Waals surface area contributed by atoms with E-state index in [1.165, 1.54) is 16.9 Å². The van der Waals surface area contributed by atoms with Gasteiger partial charge in [-0.15, -0.1) is 11.3 Å². The number of amides is 1. The number of hydrazone groups is 1. The normalized spacial score (nSPS) is 17.0. The number of carbonyl (C=O) groups excluding carboxylic acids is 1. The number of allylic oxidation sites excluding steroid dienone is 1. The first kappa shape index (κ1) is 17.4. The molecule has 1 aliphatic carbocycles. The molecule has 0 saturated heterocycles. The van der Waals surface area contributed by atoms with Crippen LogP contribution in [0, 0.1) is 5.92 Å². The van der Waals surface area contributed by atoms with Crippen molar-refractivity contribution in [2.75, 3.05) is 7.11 Å². The molecular formula is C20H22N2O2S. The number of methoxy groups -OCH3 is 1. The van der Waals surface area contributed by atoms with E-state index in [1.807, 2.05) is 36.4 Å². The maximum Gasteiger partial charge on any atom is 0.281 e. The number of hydrogen-bond donors (Lipinski definition) is 1. The van der Waals surface area contributed by atoms with Crippen molar-refractivity contribution in [1.29, 1.82) is 0 Å². The molecule has 3 rings (SSSR count). The van der Waals surface area contributed by atoms with E-state index >= 15 is 0 Å². The Morgan fingerprint density at radius 3 is 3.08 bits per heavy atom. The zero-order chi connectivity index (χ0) is 17.6. The second-order valence-electron chi connectivity index (χ2n) is 6.23. The fourth-order valence-electron chi connectivity index (χ4n) is 2.96. The fraction of sp³-hybridized carbons (Fsp3) is 0.300. The Balaban J connectivity index is 1.57. The largest absolute Gasteiger partial charge is 0.496 e. The number of rotatable bonds is 5. The molecule has 0 spiro atoms. The summed E-state index contributed by atoms with van der Waals surface area (Å²) in [6.45, 7) is 2.26. The molecule has 0 fully saturated rings. The van der Waals surface area contributed by atoms with Gasteiger partial charge >= 0.3 is 0 Å². The third kappa shape index (κ3) is 4.37. The van der Waals surface area contributed by atoms with Crippen LogP contribution in [0.15, 0.2) is 41.5 Å². The molecule has 0 bridgehead atoms. The summed E-state index contributed by atoms with van der Waals surface area (Å²) in [6, 6.07) is 9.74. The highest BCUT2D eigenvalue weighted by molar-refractivity contribution is 7.14. The molecule has 1 N–H and O–H groups in total. The van der Waals surface area contributed by atoms with Crippen molar-refractivity contribution < 1.29 is 9.53 Å². The molecule has 130 valence electrons. The third-order valence-corrected chi connectivity index (χ3v) is 5.53. The molecule has 0 saturated carbocycles. The topological polar surface area (TPSA) is 50.7 Å². The molecule has 0 radical (unpaired) electrons. The van der Waals surface area contributed by atoms with Gasteiger partial charge in [-0.05, 0) is 55.0 Å². The predicted molar refractivity (Wildman–Crippen MR) is 103 cm³/mol. The van der Waals surface area contributed by atoms with E-state index in [4.69, 9.17) is 4.74 Å². The Kier molecular flexibility index (Phi) is 5.66. The standard InChI is InChI=1S/C20H22N2O2S/c1-14-9-10-18-16(12-14)13-19(25-18)20(23)22-21-11-5-7-15-6-3-4-8-17(15)24-2/h3-8,11,13-14H,9-10,12H2,1-2H3,(H,22,23)/b7-5+,21-11+. The Bertz CT molecular complexity index is 808. The van der Waals surface area contributed by atoms with Crippen LogP contribution in [0.5, 0.6) is 5.75 Å². The SMILES string of the molecule is COc1ccccc1/C=C/C=N/NC(=O)c1cc2c(s1)CCC(C)C2. The summed E-state index contributed by atoms with van der Waals surface area (Å²) in [5.41, 5.74) is 4.88. The fourth-order valence-corrected chi connectivity index (χ4v) is 4.06. The molecule has 1 unspecified atom stereocenters. The van der Waals surface area contributed by atoms with Gasteiger partial charge in [0.1, 0.15) is 5.75 Å². The van der Waals surface area contributed by atoms with Gasteiger partial charge in [-0.1, -0.05) is 25.1 Å². The van der Waals surface area contributed by atoms with E-state index in [0.717, 1.165) is 29.0 Å². The summed E-state index contributed by atoms with van der Waals surface area (Å²) in [4.78, 5) is 14.3. The number of nitrogens with zero attached hydrogens (tertiary/aromatic N) is 1. The lowest BCUT2D eigenvalue weighted by Gasteiger charge is -2.16. The molecule has 1 aliphatic rings. The van der Waals surface area contributed by atoms with Crippen molar-refractivity contribution in [3.05, 3.63) is 57.3 Å². The molecule has 1 atom stereocenters. The Labute approximate surface area is 152 Å². The summed E-state index contributed by atoms with van der Waals surface area (Å²) in [5, 5.41) is 3.99. The molecule has 1 aromatic heterocycles. The van der Waals surface area contributed by atoms with Gasteiger partial charge in [-0.25, -0.2) is 5.43 Å². The van der Waals surface area contributed by atoms with Gasteiger partial charge in [0.15, 0.2) is 0 Å². The van der Waals surface area contributed by atoms with Crippen LogP contribution in [0.1, 0.15) is 39.0 Å². The minimum absolute atomic E-state index is 0.144. The molecule has 2 aromatic rings. The molecule has 1 heterocycles. The zero-order valence-corrected chi connectivity index (χ0v) is 15.3. The van der Waals surface area contributed by atoms with Gasteiger partial charge in [0.25, 0.3) is 5.91 Å². The van der Waals surface area contributed by atoms with E-state index in [9.17, 15) is 4.79 Å². The average Bonchev–Trinajstić information content (AvgIpc) is 3.05. The van der Waals surface area contributed by atoms with Crippen LogP contribution >= 0.6 is 11.3 Å².